The topological polar surface area (TPSA) is 115 Å². The first-order chi connectivity index (χ1) is 13.6. The lowest BCUT2D eigenvalue weighted by Crippen LogP contribution is -2.06. The summed E-state index contributed by atoms with van der Waals surface area (Å²) in [4.78, 5) is 23.2. The van der Waals surface area contributed by atoms with Crippen molar-refractivity contribution in [2.75, 3.05) is 0 Å². The van der Waals surface area contributed by atoms with Crippen LogP contribution in [0.1, 0.15) is 95.3 Å². The van der Waals surface area contributed by atoms with Gasteiger partial charge in [0.2, 0.25) is 0 Å². The summed E-state index contributed by atoms with van der Waals surface area (Å²) < 4.78 is 0. The molecule has 0 fully saturated rings. The molecule has 0 heterocycles. The van der Waals surface area contributed by atoms with E-state index in [9.17, 15) is 30.0 Å². The Morgan fingerprint density at radius 2 is 1.10 bits per heavy atom. The van der Waals surface area contributed by atoms with Crippen LogP contribution in [0.15, 0.2) is 24.3 Å². The third-order valence-electron chi connectivity index (χ3n) is 5.63. The van der Waals surface area contributed by atoms with E-state index in [-0.39, 0.29) is 40.9 Å². The molecule has 2 aromatic rings. The summed E-state index contributed by atoms with van der Waals surface area (Å²) in [7, 11) is 0. The third-order valence-corrected chi connectivity index (χ3v) is 5.63. The average molecular weight is 400 g/mol. The minimum atomic E-state index is -1.24. The van der Waals surface area contributed by atoms with Crippen molar-refractivity contribution in [3.63, 3.8) is 0 Å². The first kappa shape index (κ1) is 22.3. The molecule has 0 bridgehead atoms. The molecule has 2 rings (SSSR count). The maximum Gasteiger partial charge on any atom is 0.339 e. The van der Waals surface area contributed by atoms with Crippen molar-refractivity contribution in [2.45, 2.75) is 58.8 Å². The molecule has 0 aliphatic rings. The van der Waals surface area contributed by atoms with Gasteiger partial charge in [0.05, 0.1) is 0 Å². The van der Waals surface area contributed by atoms with Gasteiger partial charge in [0.25, 0.3) is 0 Å². The van der Waals surface area contributed by atoms with Gasteiger partial charge in [-0.1, -0.05) is 39.8 Å². The Kier molecular flexibility index (Phi) is 6.90. The smallest absolute Gasteiger partial charge is 0.339 e. The lowest BCUT2D eigenvalue weighted by atomic mass is 9.89. The zero-order chi connectivity index (χ0) is 21.9. The van der Waals surface area contributed by atoms with Gasteiger partial charge in [0, 0.05) is 6.42 Å². The van der Waals surface area contributed by atoms with E-state index in [1.165, 1.54) is 12.1 Å². The highest BCUT2D eigenvalue weighted by molar-refractivity contribution is 5.92. The zero-order valence-corrected chi connectivity index (χ0v) is 17.2. The van der Waals surface area contributed by atoms with E-state index in [2.05, 4.69) is 0 Å². The van der Waals surface area contributed by atoms with E-state index in [1.807, 2.05) is 27.7 Å². The molecule has 0 amide bonds. The largest absolute Gasteiger partial charge is 0.507 e. The Balaban J connectivity index is 2.66. The monoisotopic (exact) mass is 400 g/mol. The molecule has 2 atom stereocenters. The molecular weight excluding hydrogens is 372 g/mol. The van der Waals surface area contributed by atoms with Crippen LogP contribution in [-0.4, -0.2) is 32.4 Å². The molecule has 6 heteroatoms. The highest BCUT2D eigenvalue weighted by atomic mass is 16.4. The first-order valence-electron chi connectivity index (χ1n) is 9.78. The Morgan fingerprint density at radius 3 is 1.38 bits per heavy atom. The molecule has 6 nitrogen and oxygen atoms in total. The maximum absolute atomic E-state index is 11.6. The number of carbonyl (C=O) groups is 2. The minimum absolute atomic E-state index is 0.0206. The number of aromatic hydroxyl groups is 2. The summed E-state index contributed by atoms with van der Waals surface area (Å²) in [6, 6.07) is 6.39. The number of hydrogen-bond acceptors (Lipinski definition) is 4. The second-order valence-electron chi connectivity index (χ2n) is 7.56. The van der Waals surface area contributed by atoms with Crippen molar-refractivity contribution in [3.05, 3.63) is 57.6 Å². The second-order valence-corrected chi connectivity index (χ2v) is 7.56. The van der Waals surface area contributed by atoms with E-state index in [0.717, 1.165) is 24.0 Å². The van der Waals surface area contributed by atoms with Gasteiger partial charge in [-0.3, -0.25) is 0 Å². The SMILES string of the molecule is CC[C@H](C)c1cc(Cc2cc([C@@H](C)CC)cc(C(=O)O)c2O)c(O)c(C(=O)O)c1. The Bertz CT molecular complexity index is 856. The molecular formula is C23H28O6. The highest BCUT2D eigenvalue weighted by Gasteiger charge is 2.22. The fourth-order valence-corrected chi connectivity index (χ4v) is 3.28. The lowest BCUT2D eigenvalue weighted by molar-refractivity contribution is 0.0682. The number of benzene rings is 2. The van der Waals surface area contributed by atoms with E-state index in [0.29, 0.717) is 11.1 Å². The van der Waals surface area contributed by atoms with Gasteiger partial charge in [-0.25, -0.2) is 9.59 Å². The van der Waals surface area contributed by atoms with Crippen molar-refractivity contribution >= 4 is 11.9 Å². The Hall–Kier alpha value is -3.02. The zero-order valence-electron chi connectivity index (χ0n) is 17.2. The maximum atomic E-state index is 11.6. The van der Waals surface area contributed by atoms with Gasteiger partial charge in [-0.05, 0) is 59.1 Å². The Morgan fingerprint density at radius 1 is 0.759 bits per heavy atom. The quantitative estimate of drug-likeness (QED) is 0.489. The van der Waals surface area contributed by atoms with Crippen LogP contribution in [-0.2, 0) is 6.42 Å². The molecule has 0 saturated carbocycles. The van der Waals surface area contributed by atoms with Crippen molar-refractivity contribution in [2.24, 2.45) is 0 Å². The fraction of sp³-hybridized carbons (Fsp3) is 0.391. The molecule has 0 saturated heterocycles. The van der Waals surface area contributed by atoms with Gasteiger partial charge in [0.15, 0.2) is 0 Å². The summed E-state index contributed by atoms with van der Waals surface area (Å²) in [5.74, 6) is -3.04. The number of rotatable bonds is 8. The second kappa shape index (κ2) is 8.99. The predicted octanol–water partition coefficient (Wildman–Crippen LogP) is 5.11. The van der Waals surface area contributed by atoms with Crippen LogP contribution in [0.2, 0.25) is 0 Å². The van der Waals surface area contributed by atoms with Gasteiger partial charge in [-0.15, -0.1) is 0 Å². The lowest BCUT2D eigenvalue weighted by Gasteiger charge is -2.17. The van der Waals surface area contributed by atoms with Gasteiger partial charge in [-0.2, -0.15) is 0 Å². The summed E-state index contributed by atoms with van der Waals surface area (Å²) in [5, 5.41) is 40.0. The molecule has 156 valence electrons. The number of hydrogen-bond donors (Lipinski definition) is 4. The number of phenols is 2. The average Bonchev–Trinajstić information content (AvgIpc) is 2.68. The molecule has 29 heavy (non-hydrogen) atoms. The van der Waals surface area contributed by atoms with Gasteiger partial charge in [0.1, 0.15) is 22.6 Å². The van der Waals surface area contributed by atoms with Crippen molar-refractivity contribution in [3.8, 4) is 11.5 Å². The van der Waals surface area contributed by atoms with E-state index in [4.69, 9.17) is 0 Å². The van der Waals surface area contributed by atoms with Crippen LogP contribution in [0.5, 0.6) is 11.5 Å². The number of carboxylic acids is 2. The molecule has 0 aliphatic heterocycles. The summed E-state index contributed by atoms with van der Waals surface area (Å²) in [5.41, 5.74) is 1.83. The van der Waals surface area contributed by atoms with E-state index >= 15 is 0 Å². The van der Waals surface area contributed by atoms with Crippen LogP contribution in [0.4, 0.5) is 0 Å². The van der Waals surface area contributed by atoms with Gasteiger partial charge < -0.3 is 20.4 Å². The van der Waals surface area contributed by atoms with Crippen LogP contribution in [0.25, 0.3) is 0 Å². The normalized spacial score (nSPS) is 13.1. The first-order valence-corrected chi connectivity index (χ1v) is 9.78. The van der Waals surface area contributed by atoms with Crippen LogP contribution in [0, 0.1) is 0 Å². The standard InChI is InChI=1S/C23H28O6/c1-5-12(3)14-7-16(20(24)18(10-14)22(26)27)9-17-8-15(13(4)6-2)11-19(21(17)25)23(28)29/h7-8,10-13,24-25H,5-6,9H2,1-4H3,(H,26,27)(H,28,29)/t12-,13-/m0/s1. The summed E-state index contributed by atoms with van der Waals surface area (Å²) in [6.45, 7) is 7.90. The molecule has 0 spiro atoms. The molecule has 0 aromatic heterocycles. The van der Waals surface area contributed by atoms with Crippen LogP contribution in [0.3, 0.4) is 0 Å². The van der Waals surface area contributed by atoms with Crippen LogP contribution < -0.4 is 0 Å². The molecule has 2 aromatic carbocycles. The number of carboxylic acid groups (broad SMARTS) is 2. The third kappa shape index (κ3) is 4.70. The molecule has 0 radical (unpaired) electrons. The van der Waals surface area contributed by atoms with Crippen molar-refractivity contribution < 1.29 is 30.0 Å². The molecule has 4 N–H and O–H groups in total. The minimum Gasteiger partial charge on any atom is -0.507 e. The van der Waals surface area contributed by atoms with Crippen LogP contribution >= 0.6 is 0 Å². The summed E-state index contributed by atoms with van der Waals surface area (Å²) >= 11 is 0. The van der Waals surface area contributed by atoms with E-state index < -0.39 is 11.9 Å². The Labute approximate surface area is 170 Å². The summed E-state index contributed by atoms with van der Waals surface area (Å²) in [6.07, 6.45) is 1.61. The molecule has 0 unspecified atom stereocenters. The van der Waals surface area contributed by atoms with Crippen molar-refractivity contribution in [1.82, 2.24) is 0 Å². The van der Waals surface area contributed by atoms with E-state index in [1.54, 1.807) is 12.1 Å². The van der Waals surface area contributed by atoms with Gasteiger partial charge >= 0.3 is 11.9 Å². The predicted molar refractivity (Wildman–Crippen MR) is 110 cm³/mol. The molecule has 0 aliphatic carbocycles. The highest BCUT2D eigenvalue weighted by Crippen LogP contribution is 2.35. The van der Waals surface area contributed by atoms with Crippen molar-refractivity contribution in [1.29, 1.82) is 0 Å². The number of aromatic carboxylic acids is 2. The fourth-order valence-electron chi connectivity index (χ4n) is 3.28.